The molecule has 0 saturated carbocycles. The van der Waals surface area contributed by atoms with Gasteiger partial charge in [-0.1, -0.05) is 18.2 Å². The van der Waals surface area contributed by atoms with E-state index in [0.29, 0.717) is 29.3 Å². The van der Waals surface area contributed by atoms with Crippen LogP contribution in [0.5, 0.6) is 5.75 Å². The van der Waals surface area contributed by atoms with Crippen molar-refractivity contribution in [3.63, 3.8) is 0 Å². The number of nitrogens with zero attached hydrogens (tertiary/aromatic N) is 2. The number of halogens is 1. The predicted octanol–water partition coefficient (Wildman–Crippen LogP) is 5.35. The second-order valence-corrected chi connectivity index (χ2v) is 7.26. The van der Waals surface area contributed by atoms with Crippen LogP contribution in [0.25, 0.3) is 0 Å². The summed E-state index contributed by atoms with van der Waals surface area (Å²) in [6, 6.07) is 19.7. The molecule has 3 aromatic rings. The molecule has 168 valence electrons. The molecule has 7 heteroatoms. The minimum absolute atomic E-state index is 0.0846. The number of rotatable bonds is 8. The van der Waals surface area contributed by atoms with Gasteiger partial charge in [0.15, 0.2) is 0 Å². The molecule has 3 rings (SSSR count). The molecule has 0 unspecified atom stereocenters. The van der Waals surface area contributed by atoms with Crippen molar-refractivity contribution in [1.82, 2.24) is 0 Å². The van der Waals surface area contributed by atoms with Gasteiger partial charge in [0.2, 0.25) is 0 Å². The quantitative estimate of drug-likeness (QED) is 0.507. The van der Waals surface area contributed by atoms with Crippen LogP contribution in [0, 0.1) is 24.1 Å². The average Bonchev–Trinajstić information content (AvgIpc) is 2.82. The van der Waals surface area contributed by atoms with E-state index in [4.69, 9.17) is 10.00 Å². The van der Waals surface area contributed by atoms with Crippen LogP contribution in [-0.2, 0) is 0 Å². The Morgan fingerprint density at radius 2 is 1.82 bits per heavy atom. The molecule has 0 fully saturated rings. The van der Waals surface area contributed by atoms with Gasteiger partial charge in [0.25, 0.3) is 11.8 Å². The monoisotopic (exact) mass is 445 g/mol. The summed E-state index contributed by atoms with van der Waals surface area (Å²) >= 11 is 0. The fourth-order valence-corrected chi connectivity index (χ4v) is 3.28. The van der Waals surface area contributed by atoms with Gasteiger partial charge in [-0.15, -0.1) is 0 Å². The van der Waals surface area contributed by atoms with Gasteiger partial charge in [0.05, 0.1) is 24.7 Å². The molecule has 0 radical (unpaired) electrons. The molecule has 3 aromatic carbocycles. The van der Waals surface area contributed by atoms with E-state index in [1.165, 1.54) is 23.1 Å². The summed E-state index contributed by atoms with van der Waals surface area (Å²) in [5, 5.41) is 11.7. The van der Waals surface area contributed by atoms with Gasteiger partial charge in [0, 0.05) is 23.5 Å². The first kappa shape index (κ1) is 23.5. The number of anilines is 2. The van der Waals surface area contributed by atoms with Gasteiger partial charge >= 0.3 is 0 Å². The largest absolute Gasteiger partial charge is 0.494 e. The highest BCUT2D eigenvalue weighted by molar-refractivity contribution is 6.08. The Morgan fingerprint density at radius 3 is 2.48 bits per heavy atom. The van der Waals surface area contributed by atoms with Gasteiger partial charge in [-0.05, 0) is 67.9 Å². The van der Waals surface area contributed by atoms with E-state index < -0.39 is 11.7 Å². The molecule has 0 saturated heterocycles. The van der Waals surface area contributed by atoms with Crippen molar-refractivity contribution >= 4 is 23.2 Å². The molecule has 0 aromatic heterocycles. The summed E-state index contributed by atoms with van der Waals surface area (Å²) in [7, 11) is 0. The highest BCUT2D eigenvalue weighted by Gasteiger charge is 2.20. The number of hydrogen-bond donors (Lipinski definition) is 1. The molecule has 0 spiro atoms. The van der Waals surface area contributed by atoms with Crippen molar-refractivity contribution in [2.45, 2.75) is 20.3 Å². The molecule has 6 nitrogen and oxygen atoms in total. The molecule has 0 aliphatic heterocycles. The van der Waals surface area contributed by atoms with E-state index in [1.807, 2.05) is 6.92 Å². The van der Waals surface area contributed by atoms with Crippen molar-refractivity contribution in [3.8, 4) is 11.8 Å². The van der Waals surface area contributed by atoms with Crippen molar-refractivity contribution in [3.05, 3.63) is 89.2 Å². The van der Waals surface area contributed by atoms with Gasteiger partial charge in [-0.25, -0.2) is 4.39 Å². The molecule has 2 amide bonds. The van der Waals surface area contributed by atoms with E-state index >= 15 is 0 Å². The average molecular weight is 445 g/mol. The minimum Gasteiger partial charge on any atom is -0.494 e. The van der Waals surface area contributed by atoms with Crippen molar-refractivity contribution < 1.29 is 18.7 Å². The number of hydrogen-bond acceptors (Lipinski definition) is 4. The summed E-state index contributed by atoms with van der Waals surface area (Å²) in [5.41, 5.74) is 1.99. The number of ether oxygens (including phenoxy) is 1. The van der Waals surface area contributed by atoms with Crippen molar-refractivity contribution in [2.24, 2.45) is 0 Å². The summed E-state index contributed by atoms with van der Waals surface area (Å²) in [6.45, 7) is 4.40. The van der Waals surface area contributed by atoms with Crippen LogP contribution in [0.4, 0.5) is 15.8 Å². The lowest BCUT2D eigenvalue weighted by atomic mass is 10.1. The van der Waals surface area contributed by atoms with Gasteiger partial charge in [-0.3, -0.25) is 9.59 Å². The van der Waals surface area contributed by atoms with Crippen molar-refractivity contribution in [2.75, 3.05) is 23.4 Å². The van der Waals surface area contributed by atoms with Crippen LogP contribution in [0.15, 0.2) is 66.7 Å². The van der Waals surface area contributed by atoms with E-state index in [0.717, 1.165) is 5.56 Å². The minimum atomic E-state index is -0.627. The zero-order valence-electron chi connectivity index (χ0n) is 18.5. The maximum absolute atomic E-state index is 14.0. The maximum Gasteiger partial charge on any atom is 0.258 e. The Morgan fingerprint density at radius 1 is 1.09 bits per heavy atom. The topological polar surface area (TPSA) is 82.4 Å². The zero-order chi connectivity index (χ0) is 23.8. The first-order valence-corrected chi connectivity index (χ1v) is 10.5. The van der Waals surface area contributed by atoms with Crippen LogP contribution < -0.4 is 15.0 Å². The number of nitriles is 1. The Kier molecular flexibility index (Phi) is 7.77. The van der Waals surface area contributed by atoms with Crippen LogP contribution in [-0.4, -0.2) is 25.0 Å². The third-order valence-corrected chi connectivity index (χ3v) is 5.00. The molecular weight excluding hydrogens is 421 g/mol. The lowest BCUT2D eigenvalue weighted by Crippen LogP contribution is -2.32. The molecule has 0 bridgehead atoms. The number of amides is 2. The Bertz CT molecular complexity index is 1190. The second-order valence-electron chi connectivity index (χ2n) is 7.26. The molecule has 1 N–H and O–H groups in total. The Labute approximate surface area is 192 Å². The molecule has 0 aliphatic rings. The van der Waals surface area contributed by atoms with Crippen LogP contribution in [0.1, 0.15) is 39.6 Å². The highest BCUT2D eigenvalue weighted by atomic mass is 19.1. The normalized spacial score (nSPS) is 10.2. The third kappa shape index (κ3) is 5.74. The standard InChI is InChI=1S/C26H24FN3O3/c1-3-33-21-13-11-20(12-14-21)30(16-6-15-28)26(32)19-10-9-18(2)24(17-19)29-25(31)22-7-4-5-8-23(22)27/h4-5,7-14,17H,3,6,16H2,1-2H3,(H,29,31). The molecule has 0 heterocycles. The number of benzene rings is 3. The third-order valence-electron chi connectivity index (χ3n) is 5.00. The first-order chi connectivity index (χ1) is 15.9. The number of nitrogens with one attached hydrogen (secondary N) is 1. The smallest absolute Gasteiger partial charge is 0.258 e. The van der Waals surface area contributed by atoms with E-state index in [9.17, 15) is 14.0 Å². The highest BCUT2D eigenvalue weighted by Crippen LogP contribution is 2.24. The molecule has 0 aliphatic carbocycles. The van der Waals surface area contributed by atoms with E-state index in [2.05, 4.69) is 11.4 Å². The van der Waals surface area contributed by atoms with E-state index in [1.54, 1.807) is 55.5 Å². The SMILES string of the molecule is CCOc1ccc(N(CCC#N)C(=O)c2ccc(C)c(NC(=O)c3ccccc3F)c2)cc1. The molecule has 33 heavy (non-hydrogen) atoms. The van der Waals surface area contributed by atoms with Gasteiger partial charge in [0.1, 0.15) is 11.6 Å². The molecule has 0 atom stereocenters. The predicted molar refractivity (Wildman–Crippen MR) is 125 cm³/mol. The summed E-state index contributed by atoms with van der Waals surface area (Å²) < 4.78 is 19.4. The van der Waals surface area contributed by atoms with Gasteiger partial charge in [-0.2, -0.15) is 5.26 Å². The van der Waals surface area contributed by atoms with Gasteiger partial charge < -0.3 is 15.0 Å². The van der Waals surface area contributed by atoms with Crippen LogP contribution >= 0.6 is 0 Å². The second kappa shape index (κ2) is 10.9. The Balaban J connectivity index is 1.88. The maximum atomic E-state index is 14.0. The Hall–Kier alpha value is -4.18. The number of carbonyl (C=O) groups is 2. The zero-order valence-corrected chi connectivity index (χ0v) is 18.5. The summed E-state index contributed by atoms with van der Waals surface area (Å²) in [4.78, 5) is 27.4. The van der Waals surface area contributed by atoms with Crippen LogP contribution in [0.3, 0.4) is 0 Å². The van der Waals surface area contributed by atoms with Crippen molar-refractivity contribution in [1.29, 1.82) is 5.26 Å². The lowest BCUT2D eigenvalue weighted by molar-refractivity contribution is 0.0984. The number of carbonyl (C=O) groups excluding carboxylic acids is 2. The fraction of sp³-hybridized carbons (Fsp3) is 0.192. The first-order valence-electron chi connectivity index (χ1n) is 10.5. The number of aryl methyl sites for hydroxylation is 1. The summed E-state index contributed by atoms with van der Waals surface area (Å²) in [5.74, 6) is -0.870. The van der Waals surface area contributed by atoms with E-state index in [-0.39, 0.29) is 24.4 Å². The lowest BCUT2D eigenvalue weighted by Gasteiger charge is -2.23. The molecular formula is C26H24FN3O3. The van der Waals surface area contributed by atoms with Crippen LogP contribution in [0.2, 0.25) is 0 Å². The fourth-order valence-electron chi connectivity index (χ4n) is 3.28. The summed E-state index contributed by atoms with van der Waals surface area (Å²) in [6.07, 6.45) is 0.154.